The Labute approximate surface area is 153 Å². The number of anilines is 2. The number of methoxy groups -OCH3 is 1. The second-order valence-corrected chi connectivity index (χ2v) is 6.68. The number of nitrogens with zero attached hydrogens (tertiary/aromatic N) is 4. The van der Waals surface area contributed by atoms with Gasteiger partial charge in [-0.25, -0.2) is 4.98 Å². The number of piperazine rings is 1. The number of hydrogen-bond donors (Lipinski definition) is 1. The van der Waals surface area contributed by atoms with Gasteiger partial charge in [-0.3, -0.25) is 9.78 Å². The van der Waals surface area contributed by atoms with Gasteiger partial charge in [0.2, 0.25) is 0 Å². The average Bonchev–Trinajstić information content (AvgIpc) is 3.52. The van der Waals surface area contributed by atoms with Crippen molar-refractivity contribution in [3.05, 3.63) is 42.4 Å². The molecular formula is C19H23N5O2. The fourth-order valence-corrected chi connectivity index (χ4v) is 3.17. The van der Waals surface area contributed by atoms with Crippen LogP contribution in [0.2, 0.25) is 0 Å². The minimum atomic E-state index is 0.0387. The van der Waals surface area contributed by atoms with Crippen molar-refractivity contribution >= 4 is 17.4 Å². The van der Waals surface area contributed by atoms with Crippen LogP contribution < -0.4 is 15.0 Å². The minimum Gasteiger partial charge on any atom is -0.493 e. The van der Waals surface area contributed by atoms with E-state index in [1.165, 1.54) is 12.8 Å². The summed E-state index contributed by atoms with van der Waals surface area (Å²) in [4.78, 5) is 25.3. The molecule has 1 saturated heterocycles. The number of pyridine rings is 2. The number of hydrogen-bond acceptors (Lipinski definition) is 6. The lowest BCUT2D eigenvalue weighted by Gasteiger charge is -2.36. The summed E-state index contributed by atoms with van der Waals surface area (Å²) in [6.45, 7) is 2.88. The molecule has 26 heavy (non-hydrogen) atoms. The first-order chi connectivity index (χ1) is 12.7. The molecule has 2 aromatic heterocycles. The van der Waals surface area contributed by atoms with Crippen LogP contribution >= 0.6 is 0 Å². The molecule has 0 spiro atoms. The highest BCUT2D eigenvalue weighted by atomic mass is 16.5. The summed E-state index contributed by atoms with van der Waals surface area (Å²) in [5.41, 5.74) is 1.66. The molecule has 136 valence electrons. The molecule has 0 aromatic carbocycles. The molecular weight excluding hydrogens is 330 g/mol. The lowest BCUT2D eigenvalue weighted by atomic mass is 10.2. The minimum absolute atomic E-state index is 0.0387. The zero-order valence-corrected chi connectivity index (χ0v) is 14.9. The van der Waals surface area contributed by atoms with Crippen molar-refractivity contribution in [1.82, 2.24) is 14.9 Å². The summed E-state index contributed by atoms with van der Waals surface area (Å²) in [5.74, 6) is 1.64. The topological polar surface area (TPSA) is 70.6 Å². The van der Waals surface area contributed by atoms with E-state index >= 15 is 0 Å². The summed E-state index contributed by atoms with van der Waals surface area (Å²) in [7, 11) is 1.65. The third kappa shape index (κ3) is 3.56. The summed E-state index contributed by atoms with van der Waals surface area (Å²) >= 11 is 0. The third-order valence-electron chi connectivity index (χ3n) is 4.83. The van der Waals surface area contributed by atoms with E-state index in [0.29, 0.717) is 24.7 Å². The van der Waals surface area contributed by atoms with Gasteiger partial charge in [-0.2, -0.15) is 0 Å². The Morgan fingerprint density at radius 2 is 1.96 bits per heavy atom. The first-order valence-electron chi connectivity index (χ1n) is 8.99. The largest absolute Gasteiger partial charge is 0.493 e. The number of carbonyl (C=O) groups excluding carboxylic acids is 1. The number of ether oxygens (including phenoxy) is 1. The molecule has 1 aliphatic heterocycles. The van der Waals surface area contributed by atoms with Gasteiger partial charge in [0, 0.05) is 44.6 Å². The molecule has 1 amide bonds. The summed E-state index contributed by atoms with van der Waals surface area (Å²) in [5, 5.41) is 3.34. The molecule has 1 N–H and O–H groups in total. The van der Waals surface area contributed by atoms with Crippen LogP contribution in [0.4, 0.5) is 11.5 Å². The highest BCUT2D eigenvalue weighted by Gasteiger charge is 2.25. The van der Waals surface area contributed by atoms with Gasteiger partial charge in [-0.15, -0.1) is 0 Å². The normalized spacial score (nSPS) is 17.1. The lowest BCUT2D eigenvalue weighted by molar-refractivity contribution is 0.0746. The van der Waals surface area contributed by atoms with Crippen LogP contribution in [0, 0.1) is 0 Å². The van der Waals surface area contributed by atoms with Gasteiger partial charge in [-0.1, -0.05) is 0 Å². The Morgan fingerprint density at radius 1 is 1.15 bits per heavy atom. The lowest BCUT2D eigenvalue weighted by Crippen LogP contribution is -2.48. The Morgan fingerprint density at radius 3 is 2.62 bits per heavy atom. The summed E-state index contributed by atoms with van der Waals surface area (Å²) in [6, 6.07) is 6.26. The molecule has 0 bridgehead atoms. The van der Waals surface area contributed by atoms with Crippen molar-refractivity contribution < 1.29 is 9.53 Å². The van der Waals surface area contributed by atoms with E-state index < -0.39 is 0 Å². The van der Waals surface area contributed by atoms with E-state index in [1.54, 1.807) is 25.7 Å². The number of carbonyl (C=O) groups is 1. The van der Waals surface area contributed by atoms with E-state index in [2.05, 4.69) is 20.2 Å². The van der Waals surface area contributed by atoms with Crippen LogP contribution in [0.15, 0.2) is 36.8 Å². The number of aromatic nitrogens is 2. The van der Waals surface area contributed by atoms with Crippen molar-refractivity contribution in [2.24, 2.45) is 0 Å². The maximum Gasteiger partial charge on any atom is 0.255 e. The van der Waals surface area contributed by atoms with Crippen LogP contribution in [0.3, 0.4) is 0 Å². The molecule has 2 fully saturated rings. The Hall–Kier alpha value is -2.83. The Kier molecular flexibility index (Phi) is 4.60. The summed E-state index contributed by atoms with van der Waals surface area (Å²) in [6.07, 6.45) is 7.56. The molecule has 0 atom stereocenters. The summed E-state index contributed by atoms with van der Waals surface area (Å²) < 4.78 is 5.39. The average molecular weight is 353 g/mol. The van der Waals surface area contributed by atoms with Crippen LogP contribution in [0.1, 0.15) is 23.2 Å². The van der Waals surface area contributed by atoms with Gasteiger partial charge in [0.05, 0.1) is 24.6 Å². The van der Waals surface area contributed by atoms with Crippen LogP contribution in [0.25, 0.3) is 0 Å². The monoisotopic (exact) mass is 353 g/mol. The maximum atomic E-state index is 12.7. The van der Waals surface area contributed by atoms with Crippen molar-refractivity contribution in [1.29, 1.82) is 0 Å². The van der Waals surface area contributed by atoms with Gasteiger partial charge in [0.25, 0.3) is 5.91 Å². The van der Waals surface area contributed by atoms with E-state index in [4.69, 9.17) is 4.74 Å². The predicted octanol–water partition coefficient (Wildman–Crippen LogP) is 2.02. The Bertz CT molecular complexity index is 768. The first-order valence-corrected chi connectivity index (χ1v) is 8.99. The molecule has 2 aromatic rings. The fraction of sp³-hybridized carbons (Fsp3) is 0.421. The number of nitrogens with one attached hydrogen (secondary N) is 1. The van der Waals surface area contributed by atoms with E-state index in [-0.39, 0.29) is 5.91 Å². The SMILES string of the molecule is COc1cnccc1N1CCN(C(=O)c2ccc(NC3CC3)nc2)CC1. The number of rotatable bonds is 5. The first kappa shape index (κ1) is 16.6. The molecule has 1 aliphatic carbocycles. The van der Waals surface area contributed by atoms with Crippen LogP contribution in [0.5, 0.6) is 5.75 Å². The van der Waals surface area contributed by atoms with Gasteiger partial charge >= 0.3 is 0 Å². The van der Waals surface area contributed by atoms with Crippen molar-refractivity contribution in [2.75, 3.05) is 43.5 Å². The number of amides is 1. The van der Waals surface area contributed by atoms with Crippen molar-refractivity contribution in [3.63, 3.8) is 0 Å². The molecule has 0 radical (unpaired) electrons. The van der Waals surface area contributed by atoms with Gasteiger partial charge < -0.3 is 19.9 Å². The molecule has 1 saturated carbocycles. The molecule has 0 unspecified atom stereocenters. The van der Waals surface area contributed by atoms with Crippen LogP contribution in [-0.4, -0.2) is 60.1 Å². The zero-order valence-electron chi connectivity index (χ0n) is 14.9. The second-order valence-electron chi connectivity index (χ2n) is 6.68. The van der Waals surface area contributed by atoms with Crippen LogP contribution in [-0.2, 0) is 0 Å². The highest BCUT2D eigenvalue weighted by Crippen LogP contribution is 2.27. The molecule has 7 heteroatoms. The van der Waals surface area contributed by atoms with Gasteiger partial charge in [-0.05, 0) is 31.0 Å². The van der Waals surface area contributed by atoms with E-state index in [9.17, 15) is 4.79 Å². The standard InChI is InChI=1S/C19H23N5O2/c1-26-17-13-20-7-6-16(17)23-8-10-24(11-9-23)19(25)14-2-5-18(21-12-14)22-15-3-4-15/h2,5-7,12-13,15H,3-4,8-11H2,1H3,(H,21,22). The smallest absolute Gasteiger partial charge is 0.255 e. The van der Waals surface area contributed by atoms with Crippen molar-refractivity contribution in [2.45, 2.75) is 18.9 Å². The second kappa shape index (κ2) is 7.19. The highest BCUT2D eigenvalue weighted by molar-refractivity contribution is 5.94. The van der Waals surface area contributed by atoms with Gasteiger partial charge in [0.15, 0.2) is 5.75 Å². The molecule has 3 heterocycles. The van der Waals surface area contributed by atoms with E-state index in [0.717, 1.165) is 30.3 Å². The molecule has 7 nitrogen and oxygen atoms in total. The zero-order chi connectivity index (χ0) is 17.9. The van der Waals surface area contributed by atoms with Crippen molar-refractivity contribution in [3.8, 4) is 5.75 Å². The predicted molar refractivity (Wildman–Crippen MR) is 99.8 cm³/mol. The maximum absolute atomic E-state index is 12.7. The molecule has 4 rings (SSSR count). The van der Waals surface area contributed by atoms with Gasteiger partial charge in [0.1, 0.15) is 5.82 Å². The van der Waals surface area contributed by atoms with E-state index in [1.807, 2.05) is 23.1 Å². The third-order valence-corrected chi connectivity index (χ3v) is 4.83. The quantitative estimate of drug-likeness (QED) is 0.887. The molecule has 2 aliphatic rings. The Balaban J connectivity index is 1.37. The fourth-order valence-electron chi connectivity index (χ4n) is 3.17.